The summed E-state index contributed by atoms with van der Waals surface area (Å²) in [6.07, 6.45) is 0. The molecule has 0 unspecified atom stereocenters. The van der Waals surface area contributed by atoms with E-state index in [-0.39, 0.29) is 29.5 Å². The van der Waals surface area contributed by atoms with Gasteiger partial charge >= 0.3 is 0 Å². The molecule has 1 amide bonds. The molecule has 0 atom stereocenters. The van der Waals surface area contributed by atoms with E-state index in [1.54, 1.807) is 18.2 Å². The van der Waals surface area contributed by atoms with Gasteiger partial charge in [0.25, 0.3) is 5.91 Å². The molecule has 11 heteroatoms. The second kappa shape index (κ2) is 9.18. The van der Waals surface area contributed by atoms with E-state index in [1.165, 1.54) is 34.9 Å². The van der Waals surface area contributed by atoms with Gasteiger partial charge in [-0.15, -0.1) is 11.3 Å². The van der Waals surface area contributed by atoms with Crippen molar-refractivity contribution >= 4 is 43.2 Å². The Balaban J connectivity index is 1.38. The number of nitrogens with zero attached hydrogens (tertiary/aromatic N) is 2. The third-order valence-corrected chi connectivity index (χ3v) is 8.31. The first kappa shape index (κ1) is 22.5. The van der Waals surface area contributed by atoms with Crippen LogP contribution < -0.4 is 10.1 Å². The minimum Gasteiger partial charge on any atom is -0.495 e. The first-order valence-electron chi connectivity index (χ1n) is 10.5. The molecule has 176 valence electrons. The lowest BCUT2D eigenvalue weighted by Crippen LogP contribution is -2.40. The topological polar surface area (TPSA) is 111 Å². The Labute approximate surface area is 200 Å². The molecule has 0 bridgehead atoms. The maximum Gasteiger partial charge on any atom is 0.291 e. The molecule has 9 nitrogen and oxygen atoms in total. The van der Waals surface area contributed by atoms with Crippen molar-refractivity contribution in [3.8, 4) is 16.5 Å². The van der Waals surface area contributed by atoms with E-state index in [1.807, 2.05) is 24.3 Å². The number of rotatable bonds is 6. The Bertz CT molecular complexity index is 1420. The number of para-hydroxylation sites is 1. The molecule has 0 radical (unpaired) electrons. The summed E-state index contributed by atoms with van der Waals surface area (Å²) in [6.45, 7) is 1.16. The van der Waals surface area contributed by atoms with Gasteiger partial charge in [0, 0.05) is 18.8 Å². The van der Waals surface area contributed by atoms with Crippen molar-refractivity contribution in [2.75, 3.05) is 38.7 Å². The van der Waals surface area contributed by atoms with Crippen LogP contribution in [0.25, 0.3) is 21.0 Å². The molecule has 1 saturated heterocycles. The van der Waals surface area contributed by atoms with E-state index in [0.717, 1.165) is 10.2 Å². The van der Waals surface area contributed by atoms with Crippen molar-refractivity contribution in [3.63, 3.8) is 0 Å². The van der Waals surface area contributed by atoms with Gasteiger partial charge in [-0.25, -0.2) is 13.4 Å². The van der Waals surface area contributed by atoms with E-state index in [9.17, 15) is 13.2 Å². The number of carbonyl (C=O) groups excluding carboxylic acids is 1. The summed E-state index contributed by atoms with van der Waals surface area (Å²) >= 11 is 1.47. The van der Waals surface area contributed by atoms with Crippen LogP contribution in [0.3, 0.4) is 0 Å². The molecule has 0 aliphatic carbocycles. The van der Waals surface area contributed by atoms with E-state index in [0.29, 0.717) is 29.7 Å². The number of furan rings is 1. The highest BCUT2D eigenvalue weighted by molar-refractivity contribution is 7.89. The highest BCUT2D eigenvalue weighted by atomic mass is 32.2. The normalized spacial score (nSPS) is 14.9. The predicted octanol–water partition coefficient (Wildman–Crippen LogP) is 3.84. The molecule has 2 aromatic carbocycles. The van der Waals surface area contributed by atoms with Gasteiger partial charge in [0.1, 0.15) is 10.6 Å². The van der Waals surface area contributed by atoms with Crippen LogP contribution >= 0.6 is 11.3 Å². The number of hydrogen-bond acceptors (Lipinski definition) is 8. The van der Waals surface area contributed by atoms with Crippen LogP contribution in [-0.4, -0.2) is 57.0 Å². The fourth-order valence-electron chi connectivity index (χ4n) is 3.63. The second-order valence-electron chi connectivity index (χ2n) is 7.49. The van der Waals surface area contributed by atoms with E-state index in [2.05, 4.69) is 10.3 Å². The maximum atomic E-state index is 13.2. The number of sulfonamides is 1. The quantitative estimate of drug-likeness (QED) is 0.429. The Morgan fingerprint density at radius 1 is 1.12 bits per heavy atom. The van der Waals surface area contributed by atoms with Crippen molar-refractivity contribution in [2.45, 2.75) is 4.90 Å². The van der Waals surface area contributed by atoms with Gasteiger partial charge in [-0.05, 0) is 42.5 Å². The largest absolute Gasteiger partial charge is 0.495 e. The van der Waals surface area contributed by atoms with Crippen LogP contribution in [0.1, 0.15) is 10.6 Å². The number of anilines is 1. The number of hydrogen-bond donors (Lipinski definition) is 1. The van der Waals surface area contributed by atoms with E-state index in [4.69, 9.17) is 13.9 Å². The zero-order valence-electron chi connectivity index (χ0n) is 18.2. The lowest BCUT2D eigenvalue weighted by molar-refractivity contribution is 0.0729. The standard InChI is InChI=1S/C23H21N3O6S2/c1-30-17-7-6-15(14-21(17)34(28,29)26-10-12-31-13-11-26)24-22(27)18-8-9-19(32-18)23-25-16-4-2-3-5-20(16)33-23/h2-9,14H,10-13H2,1H3,(H,24,27). The first-order valence-corrected chi connectivity index (χ1v) is 12.7. The van der Waals surface area contributed by atoms with Gasteiger partial charge in [0.2, 0.25) is 10.0 Å². The minimum atomic E-state index is -3.83. The Hall–Kier alpha value is -3.25. The molecular formula is C23H21N3O6S2. The number of methoxy groups -OCH3 is 1. The van der Waals surface area contributed by atoms with Gasteiger partial charge in [-0.1, -0.05) is 12.1 Å². The first-order chi connectivity index (χ1) is 16.5. The summed E-state index contributed by atoms with van der Waals surface area (Å²) in [6, 6.07) is 15.5. The van der Waals surface area contributed by atoms with Crippen molar-refractivity contribution < 1.29 is 27.1 Å². The number of aromatic nitrogens is 1. The summed E-state index contributed by atoms with van der Waals surface area (Å²) in [5.41, 5.74) is 1.16. The van der Waals surface area contributed by atoms with Crippen molar-refractivity contribution in [3.05, 3.63) is 60.4 Å². The second-order valence-corrected chi connectivity index (χ2v) is 10.4. The van der Waals surface area contributed by atoms with E-state index >= 15 is 0 Å². The summed E-state index contributed by atoms with van der Waals surface area (Å²) in [4.78, 5) is 17.3. The molecule has 1 aliphatic rings. The van der Waals surface area contributed by atoms with Crippen LogP contribution in [0, 0.1) is 0 Å². The number of carbonyl (C=O) groups is 1. The van der Waals surface area contributed by atoms with Gasteiger partial charge in [-0.3, -0.25) is 4.79 Å². The molecular weight excluding hydrogens is 478 g/mol. The molecule has 1 fully saturated rings. The molecule has 4 aromatic rings. The third-order valence-electron chi connectivity index (χ3n) is 5.34. The van der Waals surface area contributed by atoms with Gasteiger partial charge < -0.3 is 19.2 Å². The molecule has 0 saturated carbocycles. The summed E-state index contributed by atoms with van der Waals surface area (Å²) in [5, 5.41) is 3.37. The molecule has 1 aliphatic heterocycles. The highest BCUT2D eigenvalue weighted by Gasteiger charge is 2.30. The molecule has 34 heavy (non-hydrogen) atoms. The van der Waals surface area contributed by atoms with E-state index < -0.39 is 15.9 Å². The Morgan fingerprint density at radius 2 is 1.91 bits per heavy atom. The third kappa shape index (κ3) is 4.30. The molecule has 1 N–H and O–H groups in total. The van der Waals surface area contributed by atoms with Crippen LogP contribution in [0.5, 0.6) is 5.75 Å². The summed E-state index contributed by atoms with van der Waals surface area (Å²) in [5.74, 6) is 0.257. The van der Waals surface area contributed by atoms with Gasteiger partial charge in [-0.2, -0.15) is 4.31 Å². The van der Waals surface area contributed by atoms with Crippen LogP contribution in [0.2, 0.25) is 0 Å². The zero-order valence-corrected chi connectivity index (χ0v) is 19.8. The zero-order chi connectivity index (χ0) is 23.7. The maximum absolute atomic E-state index is 13.2. The monoisotopic (exact) mass is 499 g/mol. The number of ether oxygens (including phenoxy) is 2. The number of nitrogens with one attached hydrogen (secondary N) is 1. The lowest BCUT2D eigenvalue weighted by Gasteiger charge is -2.26. The minimum absolute atomic E-state index is 0.0238. The van der Waals surface area contributed by atoms with Crippen LogP contribution in [-0.2, 0) is 14.8 Å². The number of amides is 1. The molecule has 0 spiro atoms. The highest BCUT2D eigenvalue weighted by Crippen LogP contribution is 2.32. The summed E-state index contributed by atoms with van der Waals surface area (Å²) in [7, 11) is -2.42. The smallest absolute Gasteiger partial charge is 0.291 e. The van der Waals surface area contributed by atoms with Crippen molar-refractivity contribution in [2.24, 2.45) is 0 Å². The fourth-order valence-corrected chi connectivity index (χ4v) is 6.14. The fraction of sp³-hybridized carbons (Fsp3) is 0.217. The van der Waals surface area contributed by atoms with Gasteiger partial charge in [0.15, 0.2) is 16.5 Å². The van der Waals surface area contributed by atoms with Crippen LogP contribution in [0.4, 0.5) is 5.69 Å². The number of morpholine rings is 1. The Morgan fingerprint density at radius 3 is 2.68 bits per heavy atom. The SMILES string of the molecule is COc1ccc(NC(=O)c2ccc(-c3nc4ccccc4s3)o2)cc1S(=O)(=O)N1CCOCC1. The molecule has 3 heterocycles. The number of benzene rings is 2. The van der Waals surface area contributed by atoms with Gasteiger partial charge in [0.05, 0.1) is 30.5 Å². The Kier molecular flexibility index (Phi) is 6.09. The van der Waals surface area contributed by atoms with Crippen molar-refractivity contribution in [1.29, 1.82) is 0 Å². The molecule has 2 aromatic heterocycles. The van der Waals surface area contributed by atoms with Crippen LogP contribution in [0.15, 0.2) is 63.9 Å². The lowest BCUT2D eigenvalue weighted by atomic mass is 10.3. The predicted molar refractivity (Wildman–Crippen MR) is 128 cm³/mol. The average molecular weight is 500 g/mol. The summed E-state index contributed by atoms with van der Waals surface area (Å²) < 4.78 is 45.0. The number of fused-ring (bicyclic) bond motifs is 1. The molecule has 5 rings (SSSR count). The number of thiazole rings is 1. The average Bonchev–Trinajstić information content (AvgIpc) is 3.52. The van der Waals surface area contributed by atoms with Crippen molar-refractivity contribution in [1.82, 2.24) is 9.29 Å².